The molecule has 7 heteroatoms. The number of aliphatic carboxylic acids is 1. The molecule has 2 unspecified atom stereocenters. The van der Waals surface area contributed by atoms with E-state index in [1.54, 1.807) is 4.90 Å². The fourth-order valence-corrected chi connectivity index (χ4v) is 3.05. The summed E-state index contributed by atoms with van der Waals surface area (Å²) < 4.78 is 0. The molecule has 2 saturated heterocycles. The predicted octanol–water partition coefficient (Wildman–Crippen LogP) is -0.300. The molecule has 0 radical (unpaired) electrons. The minimum absolute atomic E-state index is 0.0532. The number of nitrogens with one attached hydrogen (secondary N) is 1. The number of nitrogens with zero attached hydrogens (tertiary/aromatic N) is 2. The molecule has 2 amide bonds. The quantitative estimate of drug-likeness (QED) is 0.662. The van der Waals surface area contributed by atoms with E-state index in [9.17, 15) is 9.59 Å². The van der Waals surface area contributed by atoms with Gasteiger partial charge in [0.05, 0.1) is 6.61 Å². The second kappa shape index (κ2) is 6.41. The SMILES string of the molecule is CC1CN2CCCCC2CN1C(=O)N[C@H](CO)C(=O)O. The number of fused-ring (bicyclic) bond motifs is 1. The molecule has 114 valence electrons. The van der Waals surface area contributed by atoms with E-state index in [1.165, 1.54) is 12.8 Å². The summed E-state index contributed by atoms with van der Waals surface area (Å²) in [6.07, 6.45) is 3.47. The van der Waals surface area contributed by atoms with E-state index in [-0.39, 0.29) is 6.04 Å². The molecule has 0 aromatic carbocycles. The number of hydrogen-bond donors (Lipinski definition) is 3. The number of aliphatic hydroxyl groups excluding tert-OH is 1. The third kappa shape index (κ3) is 3.21. The van der Waals surface area contributed by atoms with Crippen LogP contribution in [0, 0.1) is 0 Å². The van der Waals surface area contributed by atoms with Gasteiger partial charge in [-0.15, -0.1) is 0 Å². The number of carbonyl (C=O) groups is 2. The Kier molecular flexibility index (Phi) is 4.82. The Hall–Kier alpha value is -1.34. The van der Waals surface area contributed by atoms with Crippen molar-refractivity contribution in [3.63, 3.8) is 0 Å². The summed E-state index contributed by atoms with van der Waals surface area (Å²) in [6, 6.07) is -1.20. The Morgan fingerprint density at radius 3 is 2.75 bits per heavy atom. The van der Waals surface area contributed by atoms with Gasteiger partial charge in [-0.25, -0.2) is 9.59 Å². The second-order valence-corrected chi connectivity index (χ2v) is 5.67. The summed E-state index contributed by atoms with van der Waals surface area (Å²) in [5.41, 5.74) is 0. The number of urea groups is 1. The van der Waals surface area contributed by atoms with Crippen molar-refractivity contribution in [3.05, 3.63) is 0 Å². The van der Waals surface area contributed by atoms with Crippen LogP contribution in [0.5, 0.6) is 0 Å². The molecule has 7 nitrogen and oxygen atoms in total. The zero-order valence-corrected chi connectivity index (χ0v) is 11.8. The van der Waals surface area contributed by atoms with Crippen molar-refractivity contribution in [2.24, 2.45) is 0 Å². The van der Waals surface area contributed by atoms with E-state index < -0.39 is 24.6 Å². The third-order valence-electron chi connectivity index (χ3n) is 4.23. The van der Waals surface area contributed by atoms with E-state index in [0.29, 0.717) is 12.6 Å². The van der Waals surface area contributed by atoms with E-state index >= 15 is 0 Å². The van der Waals surface area contributed by atoms with E-state index in [0.717, 1.165) is 19.5 Å². The van der Waals surface area contributed by atoms with Crippen molar-refractivity contribution in [1.29, 1.82) is 0 Å². The zero-order valence-electron chi connectivity index (χ0n) is 11.8. The fourth-order valence-electron chi connectivity index (χ4n) is 3.05. The first-order chi connectivity index (χ1) is 9.52. The minimum Gasteiger partial charge on any atom is -0.480 e. The third-order valence-corrected chi connectivity index (χ3v) is 4.23. The van der Waals surface area contributed by atoms with Gasteiger partial charge in [0.1, 0.15) is 0 Å². The fraction of sp³-hybridized carbons (Fsp3) is 0.846. The zero-order chi connectivity index (χ0) is 14.7. The number of amides is 2. The van der Waals surface area contributed by atoms with Gasteiger partial charge in [-0.1, -0.05) is 6.42 Å². The standard InChI is InChI=1S/C13H23N3O4/c1-9-6-15-5-3-2-4-10(15)7-16(9)13(20)14-11(8-17)12(18)19/h9-11,17H,2-8H2,1H3,(H,14,20)(H,18,19)/t9?,10?,11-/m1/s1. The van der Waals surface area contributed by atoms with Gasteiger partial charge in [0.25, 0.3) is 0 Å². The number of carboxylic acids is 1. The van der Waals surface area contributed by atoms with Crippen molar-refractivity contribution in [1.82, 2.24) is 15.1 Å². The lowest BCUT2D eigenvalue weighted by Crippen LogP contribution is -2.63. The molecule has 3 N–H and O–H groups in total. The topological polar surface area (TPSA) is 93.1 Å². The van der Waals surface area contributed by atoms with Gasteiger partial charge < -0.3 is 20.4 Å². The largest absolute Gasteiger partial charge is 0.480 e. The molecule has 3 atom stereocenters. The molecule has 2 aliphatic heterocycles. The van der Waals surface area contributed by atoms with Gasteiger partial charge >= 0.3 is 12.0 Å². The van der Waals surface area contributed by atoms with Gasteiger partial charge in [0.15, 0.2) is 6.04 Å². The van der Waals surface area contributed by atoms with Crippen LogP contribution in [-0.4, -0.2) is 76.4 Å². The highest BCUT2D eigenvalue weighted by Gasteiger charge is 2.36. The van der Waals surface area contributed by atoms with Crippen LogP contribution < -0.4 is 5.32 Å². The normalized spacial score (nSPS) is 28.6. The maximum Gasteiger partial charge on any atom is 0.328 e. The van der Waals surface area contributed by atoms with Crippen molar-refractivity contribution in [2.75, 3.05) is 26.2 Å². The molecular formula is C13H23N3O4. The monoisotopic (exact) mass is 285 g/mol. The van der Waals surface area contributed by atoms with E-state index in [2.05, 4.69) is 10.2 Å². The predicted molar refractivity (Wildman–Crippen MR) is 72.4 cm³/mol. The summed E-state index contributed by atoms with van der Waals surface area (Å²) in [6.45, 7) is 3.91. The molecule has 0 aliphatic carbocycles. The van der Waals surface area contributed by atoms with Crippen LogP contribution in [0.4, 0.5) is 4.79 Å². The summed E-state index contributed by atoms with van der Waals surface area (Å²) in [5.74, 6) is -1.22. The highest BCUT2D eigenvalue weighted by molar-refractivity contribution is 5.82. The van der Waals surface area contributed by atoms with Gasteiger partial charge in [-0.3, -0.25) is 4.90 Å². The van der Waals surface area contributed by atoms with Crippen LogP contribution in [-0.2, 0) is 4.79 Å². The average Bonchev–Trinajstić information content (AvgIpc) is 2.43. The molecule has 20 heavy (non-hydrogen) atoms. The van der Waals surface area contributed by atoms with Gasteiger partial charge in [0.2, 0.25) is 0 Å². The maximum absolute atomic E-state index is 12.2. The number of hydrogen-bond acceptors (Lipinski definition) is 4. The molecule has 2 rings (SSSR count). The number of aliphatic hydroxyl groups is 1. The van der Waals surface area contributed by atoms with E-state index in [1.807, 2.05) is 6.92 Å². The molecule has 0 aromatic rings. The number of piperazine rings is 1. The van der Waals surface area contributed by atoms with Crippen molar-refractivity contribution in [3.8, 4) is 0 Å². The average molecular weight is 285 g/mol. The van der Waals surface area contributed by atoms with E-state index in [4.69, 9.17) is 10.2 Å². The molecule has 2 heterocycles. The summed E-state index contributed by atoms with van der Waals surface area (Å²) in [5, 5.41) is 20.2. The Morgan fingerprint density at radius 2 is 2.10 bits per heavy atom. The van der Waals surface area contributed by atoms with Crippen molar-refractivity contribution >= 4 is 12.0 Å². The first-order valence-corrected chi connectivity index (χ1v) is 7.17. The van der Waals surface area contributed by atoms with Crippen molar-refractivity contribution < 1.29 is 19.8 Å². The van der Waals surface area contributed by atoms with Crippen LogP contribution in [0.1, 0.15) is 26.2 Å². The molecule has 0 spiro atoms. The lowest BCUT2D eigenvalue weighted by atomic mass is 9.97. The number of piperidine rings is 1. The Bertz CT molecular complexity index is 377. The van der Waals surface area contributed by atoms with Crippen LogP contribution in [0.25, 0.3) is 0 Å². The lowest BCUT2D eigenvalue weighted by Gasteiger charge is -2.47. The van der Waals surface area contributed by atoms with Crippen LogP contribution >= 0.6 is 0 Å². The molecule has 0 bridgehead atoms. The molecule has 0 aromatic heterocycles. The van der Waals surface area contributed by atoms with Crippen LogP contribution in [0.2, 0.25) is 0 Å². The summed E-state index contributed by atoms with van der Waals surface area (Å²) in [4.78, 5) is 27.1. The molecule has 2 aliphatic rings. The Morgan fingerprint density at radius 1 is 1.35 bits per heavy atom. The first-order valence-electron chi connectivity index (χ1n) is 7.17. The first kappa shape index (κ1) is 15.1. The number of carbonyl (C=O) groups excluding carboxylic acids is 1. The Labute approximate surface area is 118 Å². The van der Waals surface area contributed by atoms with Crippen LogP contribution in [0.3, 0.4) is 0 Å². The maximum atomic E-state index is 12.2. The molecular weight excluding hydrogens is 262 g/mol. The van der Waals surface area contributed by atoms with Gasteiger partial charge in [-0.2, -0.15) is 0 Å². The lowest BCUT2D eigenvalue weighted by molar-refractivity contribution is -0.140. The van der Waals surface area contributed by atoms with Gasteiger partial charge in [0, 0.05) is 25.2 Å². The molecule has 2 fully saturated rings. The highest BCUT2D eigenvalue weighted by atomic mass is 16.4. The molecule has 0 saturated carbocycles. The summed E-state index contributed by atoms with van der Waals surface area (Å²) in [7, 11) is 0. The summed E-state index contributed by atoms with van der Waals surface area (Å²) >= 11 is 0. The van der Waals surface area contributed by atoms with Crippen molar-refractivity contribution in [2.45, 2.75) is 44.3 Å². The minimum atomic E-state index is -1.24. The second-order valence-electron chi connectivity index (χ2n) is 5.67. The smallest absolute Gasteiger partial charge is 0.328 e. The van der Waals surface area contributed by atoms with Crippen LogP contribution in [0.15, 0.2) is 0 Å². The number of rotatable bonds is 3. The Balaban J connectivity index is 1.96. The van der Waals surface area contributed by atoms with Gasteiger partial charge in [-0.05, 0) is 26.3 Å². The number of carboxylic acid groups (broad SMARTS) is 1. The highest BCUT2D eigenvalue weighted by Crippen LogP contribution is 2.23.